The summed E-state index contributed by atoms with van der Waals surface area (Å²) in [6, 6.07) is 3.22. The van der Waals surface area contributed by atoms with Crippen LogP contribution in [-0.2, 0) is 27.7 Å². The molecule has 0 spiro atoms. The second-order valence-corrected chi connectivity index (χ2v) is 10.3. The molecular formula is C17H21N3O3S3. The molecule has 1 aliphatic carbocycles. The molecule has 3 rings (SSSR count). The molecule has 2 heterocycles. The van der Waals surface area contributed by atoms with Crippen LogP contribution in [-0.4, -0.2) is 43.8 Å². The molecule has 0 radical (unpaired) electrons. The molecular weight excluding hydrogens is 390 g/mol. The first-order chi connectivity index (χ1) is 12.4. The van der Waals surface area contributed by atoms with Gasteiger partial charge >= 0.3 is 0 Å². The van der Waals surface area contributed by atoms with Crippen molar-refractivity contribution in [2.75, 3.05) is 25.0 Å². The highest BCUT2D eigenvalue weighted by Crippen LogP contribution is 2.32. The third kappa shape index (κ3) is 3.90. The Morgan fingerprint density at radius 1 is 1.38 bits per heavy atom. The molecule has 0 unspecified atom stereocenters. The molecule has 2 aromatic rings. The highest BCUT2D eigenvalue weighted by atomic mass is 32.2. The minimum Gasteiger partial charge on any atom is -0.283 e. The zero-order chi connectivity index (χ0) is 18.7. The summed E-state index contributed by atoms with van der Waals surface area (Å²) in [7, 11) is -2.24. The van der Waals surface area contributed by atoms with Gasteiger partial charge in [0.25, 0.3) is 10.0 Å². The monoisotopic (exact) mass is 411 g/mol. The maximum atomic E-state index is 12.8. The van der Waals surface area contributed by atoms with Crippen LogP contribution in [0.1, 0.15) is 23.4 Å². The molecule has 0 aliphatic heterocycles. The number of thiazole rings is 1. The Kier molecular flexibility index (Phi) is 5.91. The number of fused-ring (bicyclic) bond motifs is 1. The topological polar surface area (TPSA) is 70.6 Å². The first-order valence-electron chi connectivity index (χ1n) is 8.33. The minimum absolute atomic E-state index is 0.229. The molecule has 2 aromatic heterocycles. The number of hydrogen-bond donors (Lipinski definition) is 0. The summed E-state index contributed by atoms with van der Waals surface area (Å²) >= 11 is 2.66. The SMILES string of the molecule is C=CCN(C(=O)CN(C)S(=O)(=O)c1cccs1)c1nc2c(s1)CCCC2. The fourth-order valence-electron chi connectivity index (χ4n) is 2.79. The number of likely N-dealkylation sites (N-methyl/N-ethyl adjacent to an activating group) is 1. The average Bonchev–Trinajstić information content (AvgIpc) is 3.28. The number of hydrogen-bond acceptors (Lipinski definition) is 6. The van der Waals surface area contributed by atoms with Gasteiger partial charge in [0.15, 0.2) is 5.13 Å². The number of carbonyl (C=O) groups is 1. The first-order valence-corrected chi connectivity index (χ1v) is 11.5. The number of sulfonamides is 1. The zero-order valence-corrected chi connectivity index (χ0v) is 17.0. The molecule has 0 bridgehead atoms. The number of nitrogens with zero attached hydrogens (tertiary/aromatic N) is 3. The highest BCUT2D eigenvalue weighted by molar-refractivity contribution is 7.91. The second-order valence-electron chi connectivity index (χ2n) is 6.06. The summed E-state index contributed by atoms with van der Waals surface area (Å²) in [4.78, 5) is 20.2. The maximum absolute atomic E-state index is 12.8. The number of thiophene rings is 1. The first kappa shape index (κ1) is 19.2. The molecule has 26 heavy (non-hydrogen) atoms. The number of amides is 1. The van der Waals surface area contributed by atoms with E-state index in [1.165, 1.54) is 34.2 Å². The number of anilines is 1. The summed E-state index contributed by atoms with van der Waals surface area (Å²) in [6.45, 7) is 3.78. The fraction of sp³-hybridized carbons (Fsp3) is 0.412. The summed E-state index contributed by atoms with van der Waals surface area (Å²) in [5.41, 5.74) is 1.07. The molecule has 0 saturated carbocycles. The predicted octanol–water partition coefficient (Wildman–Crippen LogP) is 2.92. The average molecular weight is 412 g/mol. The van der Waals surface area contributed by atoms with Gasteiger partial charge in [0.1, 0.15) is 4.21 Å². The molecule has 140 valence electrons. The van der Waals surface area contributed by atoms with Gasteiger partial charge in [-0.15, -0.1) is 29.3 Å². The van der Waals surface area contributed by atoms with Crippen molar-refractivity contribution in [3.8, 4) is 0 Å². The summed E-state index contributed by atoms with van der Waals surface area (Å²) in [5, 5.41) is 2.33. The van der Waals surface area contributed by atoms with Gasteiger partial charge in [-0.2, -0.15) is 4.31 Å². The van der Waals surface area contributed by atoms with Crippen LogP contribution in [0.15, 0.2) is 34.4 Å². The van der Waals surface area contributed by atoms with E-state index in [0.717, 1.165) is 47.0 Å². The standard InChI is InChI=1S/C17H21N3O3S3/c1-3-10-20(17-18-13-7-4-5-8-14(13)25-17)15(21)12-19(2)26(22,23)16-9-6-11-24-16/h3,6,9,11H,1,4-5,7-8,10,12H2,2H3. The van der Waals surface area contributed by atoms with E-state index in [-0.39, 0.29) is 16.7 Å². The van der Waals surface area contributed by atoms with E-state index in [0.29, 0.717) is 11.7 Å². The molecule has 0 atom stereocenters. The van der Waals surface area contributed by atoms with Crippen molar-refractivity contribution >= 4 is 43.7 Å². The summed E-state index contributed by atoms with van der Waals surface area (Å²) < 4.78 is 26.4. The maximum Gasteiger partial charge on any atom is 0.252 e. The predicted molar refractivity (Wildman–Crippen MR) is 105 cm³/mol. The number of aromatic nitrogens is 1. The molecule has 1 aliphatic rings. The largest absolute Gasteiger partial charge is 0.283 e. The Labute approximate surface area is 161 Å². The molecule has 6 nitrogen and oxygen atoms in total. The Balaban J connectivity index is 1.79. The Bertz CT molecular complexity index is 864. The zero-order valence-electron chi connectivity index (χ0n) is 14.6. The van der Waals surface area contributed by atoms with Crippen molar-refractivity contribution in [3.05, 3.63) is 40.7 Å². The molecule has 0 aromatic carbocycles. The molecule has 0 fully saturated rings. The van der Waals surface area contributed by atoms with E-state index in [1.54, 1.807) is 17.5 Å². The number of rotatable bonds is 7. The molecule has 1 amide bonds. The van der Waals surface area contributed by atoms with Crippen LogP contribution in [0.25, 0.3) is 0 Å². The van der Waals surface area contributed by atoms with Crippen LogP contribution in [0, 0.1) is 0 Å². The van der Waals surface area contributed by atoms with Crippen molar-refractivity contribution in [1.29, 1.82) is 0 Å². The minimum atomic E-state index is -3.66. The smallest absolute Gasteiger partial charge is 0.252 e. The lowest BCUT2D eigenvalue weighted by molar-refractivity contribution is -0.118. The lowest BCUT2D eigenvalue weighted by Gasteiger charge is -2.22. The van der Waals surface area contributed by atoms with E-state index in [2.05, 4.69) is 11.6 Å². The van der Waals surface area contributed by atoms with Crippen LogP contribution < -0.4 is 4.90 Å². The molecule has 9 heteroatoms. The second kappa shape index (κ2) is 7.99. The van der Waals surface area contributed by atoms with Gasteiger partial charge in [0.2, 0.25) is 5.91 Å². The van der Waals surface area contributed by atoms with Crippen molar-refractivity contribution in [2.45, 2.75) is 29.9 Å². The Hall–Kier alpha value is -1.55. The molecule has 0 N–H and O–H groups in total. The van der Waals surface area contributed by atoms with Crippen LogP contribution in [0.3, 0.4) is 0 Å². The van der Waals surface area contributed by atoms with Crippen molar-refractivity contribution < 1.29 is 13.2 Å². The summed E-state index contributed by atoms with van der Waals surface area (Å²) in [5.74, 6) is -0.307. The van der Waals surface area contributed by atoms with Crippen LogP contribution in [0.5, 0.6) is 0 Å². The quantitative estimate of drug-likeness (QED) is 0.657. The van der Waals surface area contributed by atoms with Gasteiger partial charge in [-0.25, -0.2) is 13.4 Å². The van der Waals surface area contributed by atoms with E-state index in [9.17, 15) is 13.2 Å². The van der Waals surface area contributed by atoms with Gasteiger partial charge in [0.05, 0.1) is 12.2 Å². The van der Waals surface area contributed by atoms with Crippen molar-refractivity contribution in [2.24, 2.45) is 0 Å². The van der Waals surface area contributed by atoms with Gasteiger partial charge in [0, 0.05) is 18.5 Å². The lowest BCUT2D eigenvalue weighted by Crippen LogP contribution is -2.41. The van der Waals surface area contributed by atoms with Gasteiger partial charge in [-0.3, -0.25) is 9.69 Å². The fourth-order valence-corrected chi connectivity index (χ4v) is 6.29. The van der Waals surface area contributed by atoms with Crippen LogP contribution in [0.4, 0.5) is 5.13 Å². The normalized spacial score (nSPS) is 14.2. The lowest BCUT2D eigenvalue weighted by atomic mass is 10.0. The Morgan fingerprint density at radius 2 is 2.15 bits per heavy atom. The van der Waals surface area contributed by atoms with Gasteiger partial charge in [-0.1, -0.05) is 12.1 Å². The third-order valence-corrected chi connectivity index (χ3v) is 8.55. The van der Waals surface area contributed by atoms with Gasteiger partial charge in [-0.05, 0) is 37.1 Å². The number of aryl methyl sites for hydroxylation is 2. The highest BCUT2D eigenvalue weighted by Gasteiger charge is 2.28. The van der Waals surface area contributed by atoms with Crippen molar-refractivity contribution in [3.63, 3.8) is 0 Å². The van der Waals surface area contributed by atoms with Gasteiger partial charge < -0.3 is 0 Å². The van der Waals surface area contributed by atoms with E-state index in [4.69, 9.17) is 0 Å². The molecule has 0 saturated heterocycles. The number of carbonyl (C=O) groups excluding carboxylic acids is 1. The van der Waals surface area contributed by atoms with Crippen molar-refractivity contribution in [1.82, 2.24) is 9.29 Å². The van der Waals surface area contributed by atoms with E-state index in [1.807, 2.05) is 0 Å². The van der Waals surface area contributed by atoms with E-state index >= 15 is 0 Å². The summed E-state index contributed by atoms with van der Waals surface area (Å²) in [6.07, 6.45) is 5.83. The van der Waals surface area contributed by atoms with Crippen LogP contribution in [0.2, 0.25) is 0 Å². The third-order valence-electron chi connectivity index (χ3n) is 4.20. The van der Waals surface area contributed by atoms with E-state index < -0.39 is 10.0 Å². The van der Waals surface area contributed by atoms with Crippen LogP contribution >= 0.6 is 22.7 Å². The Morgan fingerprint density at radius 3 is 2.81 bits per heavy atom.